The van der Waals surface area contributed by atoms with Crippen molar-refractivity contribution in [3.05, 3.63) is 70.0 Å². The van der Waals surface area contributed by atoms with E-state index >= 15 is 0 Å². The summed E-state index contributed by atoms with van der Waals surface area (Å²) in [5, 5.41) is 14.2. The van der Waals surface area contributed by atoms with Gasteiger partial charge in [-0.1, -0.05) is 6.07 Å². The van der Waals surface area contributed by atoms with E-state index in [9.17, 15) is 14.9 Å². The molecule has 1 N–H and O–H groups in total. The lowest BCUT2D eigenvalue weighted by atomic mass is 10.0. The molecular formula is C19H22N4O3. The quantitative estimate of drug-likeness (QED) is 0.659. The maximum atomic E-state index is 13.1. The number of pyridine rings is 1. The van der Waals surface area contributed by atoms with Crippen LogP contribution in [0.2, 0.25) is 0 Å². The number of hydrogen-bond donors (Lipinski definition) is 1. The van der Waals surface area contributed by atoms with Crippen molar-refractivity contribution in [3.8, 4) is 0 Å². The van der Waals surface area contributed by atoms with Gasteiger partial charge >= 0.3 is 0 Å². The number of nitrogens with one attached hydrogen (secondary N) is 1. The molecular weight excluding hydrogens is 332 g/mol. The third kappa shape index (κ3) is 4.43. The molecule has 1 fully saturated rings. The topological polar surface area (TPSA) is 88.4 Å². The lowest BCUT2D eigenvalue weighted by molar-refractivity contribution is -0.384. The predicted octanol–water partition coefficient (Wildman–Crippen LogP) is 2.77. The van der Waals surface area contributed by atoms with Crippen molar-refractivity contribution in [2.45, 2.75) is 31.8 Å². The van der Waals surface area contributed by atoms with Crippen LogP contribution in [0.25, 0.3) is 0 Å². The van der Waals surface area contributed by atoms with Gasteiger partial charge in [0.05, 0.1) is 17.2 Å². The van der Waals surface area contributed by atoms with E-state index in [1.165, 1.54) is 24.3 Å². The van der Waals surface area contributed by atoms with Gasteiger partial charge in [-0.05, 0) is 56.6 Å². The number of nitro groups is 1. The van der Waals surface area contributed by atoms with Gasteiger partial charge < -0.3 is 10.2 Å². The second-order valence-corrected chi connectivity index (χ2v) is 6.39. The number of carbonyl (C=O) groups excluding carboxylic acids is 1. The summed E-state index contributed by atoms with van der Waals surface area (Å²) in [6.45, 7) is 2.26. The number of rotatable bonds is 5. The molecule has 0 bridgehead atoms. The minimum Gasteiger partial charge on any atom is -0.330 e. The molecule has 1 aromatic heterocycles. The van der Waals surface area contributed by atoms with E-state index < -0.39 is 4.92 Å². The first kappa shape index (κ1) is 18.0. The van der Waals surface area contributed by atoms with Gasteiger partial charge in [0.2, 0.25) is 0 Å². The first-order valence-electron chi connectivity index (χ1n) is 8.81. The molecule has 1 saturated heterocycles. The van der Waals surface area contributed by atoms with Crippen LogP contribution < -0.4 is 5.32 Å². The summed E-state index contributed by atoms with van der Waals surface area (Å²) in [5.74, 6) is -0.113. The van der Waals surface area contributed by atoms with Crippen LogP contribution in [-0.4, -0.2) is 39.8 Å². The number of nitro benzene ring substituents is 1. The average Bonchev–Trinajstić information content (AvgIpc) is 2.96. The van der Waals surface area contributed by atoms with Gasteiger partial charge in [0.15, 0.2) is 0 Å². The summed E-state index contributed by atoms with van der Waals surface area (Å²) >= 11 is 0. The van der Waals surface area contributed by atoms with Gasteiger partial charge in [0, 0.05) is 29.9 Å². The average molecular weight is 354 g/mol. The van der Waals surface area contributed by atoms with E-state index in [2.05, 4.69) is 10.3 Å². The molecule has 26 heavy (non-hydrogen) atoms. The molecule has 0 spiro atoms. The van der Waals surface area contributed by atoms with Crippen LogP contribution in [0.4, 0.5) is 5.69 Å². The summed E-state index contributed by atoms with van der Waals surface area (Å²) < 4.78 is 0. The Labute approximate surface area is 152 Å². The highest BCUT2D eigenvalue weighted by atomic mass is 16.6. The Morgan fingerprint density at radius 1 is 1.19 bits per heavy atom. The maximum Gasteiger partial charge on any atom is 0.269 e. The maximum absolute atomic E-state index is 13.1. The smallest absolute Gasteiger partial charge is 0.269 e. The van der Waals surface area contributed by atoms with Crippen LogP contribution in [0.1, 0.15) is 35.3 Å². The van der Waals surface area contributed by atoms with Crippen LogP contribution >= 0.6 is 0 Å². The number of hydrogen-bond acceptors (Lipinski definition) is 5. The molecule has 136 valence electrons. The molecule has 1 aromatic carbocycles. The number of benzene rings is 1. The predicted molar refractivity (Wildman–Crippen MR) is 97.7 cm³/mol. The standard InChI is InChI=1S/C19H22N4O3/c24-19(15-6-8-18(9-7-15)23(25)26)22(14-16-4-1-2-12-21-16)17-5-3-11-20-13-10-17/h1-2,4,6-9,12,17,20H,3,5,10-11,13-14H2. The summed E-state index contributed by atoms with van der Waals surface area (Å²) in [6.07, 6.45) is 4.54. The van der Waals surface area contributed by atoms with E-state index in [0.717, 1.165) is 38.0 Å². The molecule has 0 radical (unpaired) electrons. The Morgan fingerprint density at radius 3 is 2.69 bits per heavy atom. The fourth-order valence-corrected chi connectivity index (χ4v) is 3.24. The Balaban J connectivity index is 1.85. The molecule has 7 heteroatoms. The van der Waals surface area contributed by atoms with Crippen LogP contribution in [-0.2, 0) is 6.54 Å². The van der Waals surface area contributed by atoms with Crippen molar-refractivity contribution in [2.75, 3.05) is 13.1 Å². The number of amides is 1. The Morgan fingerprint density at radius 2 is 2.00 bits per heavy atom. The first-order valence-corrected chi connectivity index (χ1v) is 8.81. The highest BCUT2D eigenvalue weighted by molar-refractivity contribution is 5.94. The zero-order chi connectivity index (χ0) is 18.4. The molecule has 0 saturated carbocycles. The number of nitrogens with zero attached hydrogens (tertiary/aromatic N) is 3. The van der Waals surface area contributed by atoms with Crippen molar-refractivity contribution in [1.82, 2.24) is 15.2 Å². The largest absolute Gasteiger partial charge is 0.330 e. The minimum absolute atomic E-state index is 0.0171. The van der Waals surface area contributed by atoms with Crippen LogP contribution in [0, 0.1) is 10.1 Å². The number of carbonyl (C=O) groups is 1. The Hall–Kier alpha value is -2.80. The van der Waals surface area contributed by atoms with E-state index in [-0.39, 0.29) is 17.6 Å². The fraction of sp³-hybridized carbons (Fsp3) is 0.368. The molecule has 1 unspecified atom stereocenters. The van der Waals surface area contributed by atoms with E-state index in [4.69, 9.17) is 0 Å². The summed E-state index contributed by atoms with van der Waals surface area (Å²) in [7, 11) is 0. The fourth-order valence-electron chi connectivity index (χ4n) is 3.24. The molecule has 2 heterocycles. The molecule has 2 aromatic rings. The second kappa shape index (κ2) is 8.53. The molecule has 0 aliphatic carbocycles. The van der Waals surface area contributed by atoms with Crippen molar-refractivity contribution in [3.63, 3.8) is 0 Å². The SMILES string of the molecule is O=C(c1ccc([N+](=O)[O-])cc1)N(Cc1ccccn1)C1CCCNCC1. The molecule has 1 amide bonds. The molecule has 1 atom stereocenters. The van der Waals surface area contributed by atoms with Gasteiger partial charge in [-0.15, -0.1) is 0 Å². The lowest BCUT2D eigenvalue weighted by Crippen LogP contribution is -2.40. The van der Waals surface area contributed by atoms with E-state index in [0.29, 0.717) is 12.1 Å². The van der Waals surface area contributed by atoms with Crippen molar-refractivity contribution < 1.29 is 9.72 Å². The Kier molecular flexibility index (Phi) is 5.91. The van der Waals surface area contributed by atoms with Gasteiger partial charge in [-0.2, -0.15) is 0 Å². The molecule has 1 aliphatic rings. The van der Waals surface area contributed by atoms with Gasteiger partial charge in [-0.3, -0.25) is 19.9 Å². The second-order valence-electron chi connectivity index (χ2n) is 6.39. The molecule has 3 rings (SSSR count). The monoisotopic (exact) mass is 354 g/mol. The van der Waals surface area contributed by atoms with Crippen LogP contribution in [0.15, 0.2) is 48.7 Å². The van der Waals surface area contributed by atoms with Gasteiger partial charge in [0.1, 0.15) is 0 Å². The van der Waals surface area contributed by atoms with Crippen LogP contribution in [0.3, 0.4) is 0 Å². The zero-order valence-electron chi connectivity index (χ0n) is 14.5. The van der Waals surface area contributed by atoms with Crippen LogP contribution in [0.5, 0.6) is 0 Å². The lowest BCUT2D eigenvalue weighted by Gasteiger charge is -2.31. The molecule has 7 nitrogen and oxygen atoms in total. The zero-order valence-corrected chi connectivity index (χ0v) is 14.5. The van der Waals surface area contributed by atoms with E-state index in [1.54, 1.807) is 6.20 Å². The summed E-state index contributed by atoms with van der Waals surface area (Å²) in [5.41, 5.74) is 1.28. The van der Waals surface area contributed by atoms with Crippen molar-refractivity contribution in [2.24, 2.45) is 0 Å². The Bertz CT molecular complexity index is 741. The first-order chi connectivity index (χ1) is 12.6. The number of non-ortho nitro benzene ring substituents is 1. The third-order valence-corrected chi connectivity index (χ3v) is 4.63. The summed E-state index contributed by atoms with van der Waals surface area (Å²) in [4.78, 5) is 29.7. The third-order valence-electron chi connectivity index (χ3n) is 4.63. The highest BCUT2D eigenvalue weighted by Crippen LogP contribution is 2.21. The normalized spacial score (nSPS) is 17.3. The van der Waals surface area contributed by atoms with Crippen molar-refractivity contribution >= 4 is 11.6 Å². The number of aromatic nitrogens is 1. The van der Waals surface area contributed by atoms with Crippen molar-refractivity contribution in [1.29, 1.82) is 0 Å². The highest BCUT2D eigenvalue weighted by Gasteiger charge is 2.26. The van der Waals surface area contributed by atoms with Gasteiger partial charge in [0.25, 0.3) is 11.6 Å². The minimum atomic E-state index is -0.461. The molecule has 1 aliphatic heterocycles. The summed E-state index contributed by atoms with van der Waals surface area (Å²) in [6, 6.07) is 11.6. The van der Waals surface area contributed by atoms with E-state index in [1.807, 2.05) is 23.1 Å². The van der Waals surface area contributed by atoms with Gasteiger partial charge in [-0.25, -0.2) is 0 Å².